The number of hydrogen-bond acceptors (Lipinski definition) is 4. The molecule has 8 nitrogen and oxygen atoms in total. The molecule has 49 heavy (non-hydrogen) atoms. The van der Waals surface area contributed by atoms with Crippen LogP contribution in [0.2, 0.25) is 0 Å². The third kappa shape index (κ3) is 19.2. The Kier molecular flexibility index (Phi) is 28.6. The Morgan fingerprint density at radius 1 is 0.347 bits per heavy atom. The van der Waals surface area contributed by atoms with Crippen LogP contribution in [-0.4, -0.2) is 166 Å². The van der Waals surface area contributed by atoms with Crippen LogP contribution in [-0.2, 0) is 21.1 Å². The molecule has 0 atom stereocenters. The van der Waals surface area contributed by atoms with Gasteiger partial charge in [-0.25, -0.2) is 0 Å². The summed E-state index contributed by atoms with van der Waals surface area (Å²) < 4.78 is 0. The normalized spacial score (nSPS) is 19.3. The molecule has 4 saturated heterocycles. The van der Waals surface area contributed by atoms with E-state index in [0.717, 1.165) is 99.0 Å². The van der Waals surface area contributed by atoms with Crippen molar-refractivity contribution in [3.05, 3.63) is 0 Å². The van der Waals surface area contributed by atoms with E-state index in [-0.39, 0.29) is 21.1 Å². The molecule has 0 radical (unpaired) electrons. The monoisotopic (exact) mass is 939 g/mol. The Morgan fingerprint density at radius 3 is 0.673 bits per heavy atom. The topological polar surface area (TPSA) is 25.9 Å². The van der Waals surface area contributed by atoms with Crippen molar-refractivity contribution in [2.24, 2.45) is 0 Å². The molecular formula is C36H72N8PtS4. The van der Waals surface area contributed by atoms with Crippen LogP contribution in [0.4, 0.5) is 0 Å². The van der Waals surface area contributed by atoms with Crippen molar-refractivity contribution in [3.63, 3.8) is 0 Å². The van der Waals surface area contributed by atoms with E-state index in [2.05, 4.69) is 95.1 Å². The van der Waals surface area contributed by atoms with Gasteiger partial charge in [0.1, 0.15) is 0 Å². The summed E-state index contributed by atoms with van der Waals surface area (Å²) in [7, 11) is 8.37. The summed E-state index contributed by atoms with van der Waals surface area (Å²) >= 11 is 21.4. The first kappa shape index (κ1) is 48.4. The number of rotatable bonds is 8. The van der Waals surface area contributed by atoms with Crippen LogP contribution in [0.25, 0.3) is 0 Å². The number of nitrogens with zero attached hydrogens (tertiary/aromatic N) is 8. The summed E-state index contributed by atoms with van der Waals surface area (Å²) in [6, 6.07) is 0. The minimum Gasteiger partial charge on any atom is -0.352 e. The number of thiocarbonyl (C=S) groups is 4. The summed E-state index contributed by atoms with van der Waals surface area (Å²) in [4.78, 5) is 18.1. The SMILES string of the molecule is CCCN1CCCCN(C)C1=S.CCCN1CCCCN(C)C1=S.CCCN1CCCCN(C)C1=S.CCCN1CCCCN(C)C1=S.[Pt]. The van der Waals surface area contributed by atoms with Crippen molar-refractivity contribution < 1.29 is 21.1 Å². The molecule has 0 aliphatic carbocycles. The molecule has 0 spiro atoms. The van der Waals surface area contributed by atoms with Gasteiger partial charge in [0.05, 0.1) is 0 Å². The third-order valence-corrected chi connectivity index (χ3v) is 11.3. The predicted octanol–water partition coefficient (Wildman–Crippen LogP) is 6.83. The Balaban J connectivity index is 0.000000623. The van der Waals surface area contributed by atoms with E-state index in [0.29, 0.717) is 0 Å². The van der Waals surface area contributed by atoms with E-state index in [1.54, 1.807) is 0 Å². The van der Waals surface area contributed by atoms with Crippen molar-refractivity contribution in [1.82, 2.24) is 39.2 Å². The minimum absolute atomic E-state index is 0. The molecule has 4 fully saturated rings. The molecule has 4 heterocycles. The van der Waals surface area contributed by atoms with Gasteiger partial charge in [0.25, 0.3) is 0 Å². The minimum atomic E-state index is 0. The van der Waals surface area contributed by atoms with Gasteiger partial charge in [-0.2, -0.15) is 0 Å². The van der Waals surface area contributed by atoms with Crippen molar-refractivity contribution in [2.75, 3.05) is 107 Å². The fourth-order valence-electron chi connectivity index (χ4n) is 6.25. The fourth-order valence-corrected chi connectivity index (χ4v) is 7.34. The molecule has 0 amide bonds. The quantitative estimate of drug-likeness (QED) is 0.239. The molecule has 0 saturated carbocycles. The van der Waals surface area contributed by atoms with Gasteiger partial charge in [-0.05, 0) is 126 Å². The Labute approximate surface area is 338 Å². The second kappa shape index (κ2) is 29.0. The van der Waals surface area contributed by atoms with Crippen LogP contribution < -0.4 is 0 Å². The molecule has 0 aromatic carbocycles. The largest absolute Gasteiger partial charge is 0.352 e. The number of hydrogen-bond donors (Lipinski definition) is 0. The first-order valence-electron chi connectivity index (χ1n) is 19.0. The molecule has 0 aromatic rings. The van der Waals surface area contributed by atoms with Crippen molar-refractivity contribution in [1.29, 1.82) is 0 Å². The summed E-state index contributed by atoms with van der Waals surface area (Å²) in [5.74, 6) is 0. The standard InChI is InChI=1S/4C9H18N2S.Pt/c4*1-3-6-11-8-5-4-7-10(2)9(11)12;/h4*3-8H2,1-2H3;. The second-order valence-electron chi connectivity index (χ2n) is 13.6. The van der Waals surface area contributed by atoms with Crippen LogP contribution in [0.3, 0.4) is 0 Å². The van der Waals surface area contributed by atoms with Crippen LogP contribution in [0, 0.1) is 0 Å². The molecule has 13 heteroatoms. The van der Waals surface area contributed by atoms with Gasteiger partial charge in [-0.3, -0.25) is 0 Å². The van der Waals surface area contributed by atoms with E-state index in [9.17, 15) is 0 Å². The van der Waals surface area contributed by atoms with Gasteiger partial charge in [-0.15, -0.1) is 0 Å². The molecule has 0 bridgehead atoms. The zero-order valence-corrected chi connectivity index (χ0v) is 38.0. The van der Waals surface area contributed by atoms with Crippen molar-refractivity contribution in [3.8, 4) is 0 Å². The van der Waals surface area contributed by atoms with Crippen LogP contribution in [0.5, 0.6) is 0 Å². The first-order valence-corrected chi connectivity index (χ1v) is 20.7. The first-order chi connectivity index (χ1) is 23.0. The van der Waals surface area contributed by atoms with Crippen LogP contribution >= 0.6 is 48.9 Å². The molecule has 0 N–H and O–H groups in total. The summed E-state index contributed by atoms with van der Waals surface area (Å²) in [6.07, 6.45) is 15.0. The summed E-state index contributed by atoms with van der Waals surface area (Å²) in [5.41, 5.74) is 0. The van der Waals surface area contributed by atoms with Crippen LogP contribution in [0.1, 0.15) is 105 Å². The van der Waals surface area contributed by atoms with E-state index >= 15 is 0 Å². The Hall–Kier alpha value is -0.552. The Morgan fingerprint density at radius 2 is 0.510 bits per heavy atom. The molecule has 4 rings (SSSR count). The maximum Gasteiger partial charge on any atom is 0.171 e. The fraction of sp³-hybridized carbons (Fsp3) is 0.889. The molecule has 4 aliphatic rings. The summed E-state index contributed by atoms with van der Waals surface area (Å²) in [5, 5.41) is 4.15. The smallest absolute Gasteiger partial charge is 0.171 e. The molecule has 0 unspecified atom stereocenters. The van der Waals surface area contributed by atoms with Gasteiger partial charge in [0.2, 0.25) is 0 Å². The summed E-state index contributed by atoms with van der Waals surface area (Å²) in [6.45, 7) is 22.4. The zero-order chi connectivity index (χ0) is 35.9. The van der Waals surface area contributed by atoms with Gasteiger partial charge < -0.3 is 39.2 Å². The van der Waals surface area contributed by atoms with Gasteiger partial charge >= 0.3 is 0 Å². The van der Waals surface area contributed by atoms with Crippen molar-refractivity contribution in [2.45, 2.75) is 105 Å². The van der Waals surface area contributed by atoms with E-state index in [4.69, 9.17) is 48.9 Å². The average Bonchev–Trinajstić information content (AvgIpc) is 3.49. The Bertz CT molecular complexity index is 785. The maximum atomic E-state index is 5.35. The molecule has 290 valence electrons. The van der Waals surface area contributed by atoms with Crippen LogP contribution in [0.15, 0.2) is 0 Å². The van der Waals surface area contributed by atoms with Gasteiger partial charge in [0, 0.05) is 128 Å². The average molecular weight is 940 g/mol. The van der Waals surface area contributed by atoms with Crippen molar-refractivity contribution >= 4 is 69.3 Å². The van der Waals surface area contributed by atoms with E-state index in [1.807, 2.05) is 0 Å². The predicted molar refractivity (Wildman–Crippen MR) is 225 cm³/mol. The molecule has 0 aromatic heterocycles. The molecular weight excluding hydrogens is 868 g/mol. The molecule has 4 aliphatic heterocycles. The zero-order valence-electron chi connectivity index (χ0n) is 32.5. The third-order valence-electron chi connectivity index (χ3n) is 9.05. The van der Waals surface area contributed by atoms with E-state index in [1.165, 1.54) is 77.0 Å². The van der Waals surface area contributed by atoms with E-state index < -0.39 is 0 Å². The van der Waals surface area contributed by atoms with Gasteiger partial charge in [0.15, 0.2) is 20.4 Å². The van der Waals surface area contributed by atoms with Gasteiger partial charge in [-0.1, -0.05) is 27.7 Å². The maximum absolute atomic E-state index is 5.35. The second-order valence-corrected chi connectivity index (χ2v) is 15.1.